The first-order chi connectivity index (χ1) is 10.5. The van der Waals surface area contributed by atoms with Gasteiger partial charge in [-0.05, 0) is 0 Å². The third-order valence-corrected chi connectivity index (χ3v) is 3.31. The number of rotatable bonds is 6. The summed E-state index contributed by atoms with van der Waals surface area (Å²) < 4.78 is 11.7. The largest absolute Gasteiger partial charge is 0.394 e. The second kappa shape index (κ2) is 7.13. The number of ether oxygens (including phenoxy) is 2. The van der Waals surface area contributed by atoms with Gasteiger partial charge in [0.15, 0.2) is 6.23 Å². The van der Waals surface area contributed by atoms with Gasteiger partial charge in [-0.1, -0.05) is 0 Å². The van der Waals surface area contributed by atoms with Crippen molar-refractivity contribution < 1.29 is 29.9 Å². The topological polar surface area (TPSA) is 154 Å². The Morgan fingerprint density at radius 2 is 2.14 bits per heavy atom. The average Bonchev–Trinajstić information content (AvgIpc) is 2.81. The highest BCUT2D eigenvalue weighted by Gasteiger charge is 2.45. The standard InChI is InChI=1S/C12H18N2O8/c15-3-6(17)5-21-10-9(19)7(4-16)22-11(10)14-2-1-8(18)13-12(14)20/h1-2,6-7,9-11,15-17,19H,3-5H2,(H,13,18,20)/t6?,7-,9-,10+,11-/m1/s1. The number of nitrogens with one attached hydrogen (secondary N) is 1. The molecule has 0 saturated carbocycles. The molecule has 10 heteroatoms. The van der Waals surface area contributed by atoms with Crippen LogP contribution in [-0.4, -0.2) is 74.2 Å². The summed E-state index contributed by atoms with van der Waals surface area (Å²) in [6, 6.07) is 1.10. The van der Waals surface area contributed by atoms with Gasteiger partial charge in [-0.2, -0.15) is 0 Å². The summed E-state index contributed by atoms with van der Waals surface area (Å²) in [6.07, 6.45) is -4.38. The molecule has 124 valence electrons. The molecular formula is C12H18N2O8. The van der Waals surface area contributed by atoms with Gasteiger partial charge in [-0.25, -0.2) is 4.79 Å². The van der Waals surface area contributed by atoms with E-state index in [4.69, 9.17) is 14.6 Å². The van der Waals surface area contributed by atoms with Crippen molar-refractivity contribution in [1.29, 1.82) is 0 Å². The molecule has 1 fully saturated rings. The summed E-state index contributed by atoms with van der Waals surface area (Å²) in [7, 11) is 0. The van der Waals surface area contributed by atoms with E-state index < -0.39 is 55.1 Å². The fraction of sp³-hybridized carbons (Fsp3) is 0.667. The van der Waals surface area contributed by atoms with Crippen LogP contribution in [0.4, 0.5) is 0 Å². The molecule has 0 aliphatic carbocycles. The zero-order valence-corrected chi connectivity index (χ0v) is 11.5. The summed E-state index contributed by atoms with van der Waals surface area (Å²) in [5, 5.41) is 37.3. The molecule has 0 radical (unpaired) electrons. The molecule has 2 rings (SSSR count). The van der Waals surface area contributed by atoms with E-state index in [0.717, 1.165) is 10.6 Å². The van der Waals surface area contributed by atoms with Gasteiger partial charge in [0, 0.05) is 12.3 Å². The van der Waals surface area contributed by atoms with E-state index in [0.29, 0.717) is 0 Å². The molecule has 0 aromatic carbocycles. The van der Waals surface area contributed by atoms with Gasteiger partial charge in [0.1, 0.15) is 24.4 Å². The number of aromatic amines is 1. The predicted molar refractivity (Wildman–Crippen MR) is 71.2 cm³/mol. The summed E-state index contributed by atoms with van der Waals surface area (Å²) >= 11 is 0. The quantitative estimate of drug-likeness (QED) is 0.362. The van der Waals surface area contributed by atoms with Crippen LogP contribution in [0.5, 0.6) is 0 Å². The lowest BCUT2D eigenvalue weighted by Crippen LogP contribution is -2.40. The fourth-order valence-electron chi connectivity index (χ4n) is 2.18. The second-order valence-corrected chi connectivity index (χ2v) is 4.89. The van der Waals surface area contributed by atoms with Gasteiger partial charge >= 0.3 is 5.69 Å². The van der Waals surface area contributed by atoms with Crippen LogP contribution in [0.1, 0.15) is 6.23 Å². The minimum atomic E-state index is -1.25. The van der Waals surface area contributed by atoms with Crippen molar-refractivity contribution in [1.82, 2.24) is 9.55 Å². The minimum absolute atomic E-state index is 0.297. The van der Waals surface area contributed by atoms with Crippen molar-refractivity contribution in [3.05, 3.63) is 33.1 Å². The monoisotopic (exact) mass is 318 g/mol. The Bertz CT molecular complexity index is 599. The number of aliphatic hydroxyl groups is 4. The molecule has 0 amide bonds. The molecule has 0 bridgehead atoms. The van der Waals surface area contributed by atoms with Gasteiger partial charge in [-0.3, -0.25) is 14.3 Å². The number of hydrogen-bond acceptors (Lipinski definition) is 8. The highest BCUT2D eigenvalue weighted by Crippen LogP contribution is 2.30. The Hall–Kier alpha value is -1.56. The molecule has 1 unspecified atom stereocenters. The maximum atomic E-state index is 11.8. The second-order valence-electron chi connectivity index (χ2n) is 4.89. The van der Waals surface area contributed by atoms with E-state index in [-0.39, 0.29) is 6.61 Å². The molecule has 1 aliphatic heterocycles. The van der Waals surface area contributed by atoms with Gasteiger partial charge < -0.3 is 29.9 Å². The minimum Gasteiger partial charge on any atom is -0.394 e. The Kier molecular flexibility index (Phi) is 5.45. The van der Waals surface area contributed by atoms with Crippen LogP contribution >= 0.6 is 0 Å². The van der Waals surface area contributed by atoms with Crippen LogP contribution in [-0.2, 0) is 9.47 Å². The van der Waals surface area contributed by atoms with Crippen molar-refractivity contribution in [2.75, 3.05) is 19.8 Å². The molecule has 5 atom stereocenters. The van der Waals surface area contributed by atoms with E-state index in [2.05, 4.69) is 0 Å². The first-order valence-corrected chi connectivity index (χ1v) is 6.64. The maximum absolute atomic E-state index is 11.8. The van der Waals surface area contributed by atoms with E-state index in [1.54, 1.807) is 0 Å². The van der Waals surface area contributed by atoms with Crippen molar-refractivity contribution in [3.63, 3.8) is 0 Å². The lowest BCUT2D eigenvalue weighted by atomic mass is 10.1. The predicted octanol–water partition coefficient (Wildman–Crippen LogP) is -3.47. The van der Waals surface area contributed by atoms with E-state index in [1.165, 1.54) is 6.20 Å². The first kappa shape index (κ1) is 16.8. The average molecular weight is 318 g/mol. The van der Waals surface area contributed by atoms with Crippen LogP contribution in [0, 0.1) is 0 Å². The van der Waals surface area contributed by atoms with Gasteiger partial charge in [0.05, 0.1) is 19.8 Å². The lowest BCUT2D eigenvalue weighted by Gasteiger charge is -2.23. The molecule has 0 spiro atoms. The van der Waals surface area contributed by atoms with E-state index in [1.807, 2.05) is 4.98 Å². The smallest absolute Gasteiger partial charge is 0.330 e. The van der Waals surface area contributed by atoms with Crippen LogP contribution in [0.25, 0.3) is 0 Å². The number of aromatic nitrogens is 2. The molecular weight excluding hydrogens is 300 g/mol. The van der Waals surface area contributed by atoms with Crippen molar-refractivity contribution in [2.45, 2.75) is 30.6 Å². The maximum Gasteiger partial charge on any atom is 0.330 e. The fourth-order valence-corrected chi connectivity index (χ4v) is 2.18. The zero-order valence-electron chi connectivity index (χ0n) is 11.5. The number of nitrogens with zero attached hydrogens (tertiary/aromatic N) is 1. The molecule has 1 saturated heterocycles. The normalized spacial score (nSPS) is 29.6. The third kappa shape index (κ3) is 3.43. The molecule has 10 nitrogen and oxygen atoms in total. The molecule has 1 aliphatic rings. The Morgan fingerprint density at radius 1 is 1.41 bits per heavy atom. The van der Waals surface area contributed by atoms with Crippen LogP contribution in [0.15, 0.2) is 21.9 Å². The van der Waals surface area contributed by atoms with E-state index >= 15 is 0 Å². The van der Waals surface area contributed by atoms with Crippen molar-refractivity contribution in [2.24, 2.45) is 0 Å². The lowest BCUT2D eigenvalue weighted by molar-refractivity contribution is -0.0974. The van der Waals surface area contributed by atoms with Crippen LogP contribution in [0.2, 0.25) is 0 Å². The molecule has 2 heterocycles. The number of H-pyrrole nitrogens is 1. The van der Waals surface area contributed by atoms with Crippen LogP contribution in [0.3, 0.4) is 0 Å². The number of hydrogen-bond donors (Lipinski definition) is 5. The SMILES string of the molecule is O=c1ccn([C@@H]2O[C@H](CO)[C@@H](O)[C@@H]2OCC(O)CO)c(=O)[nH]1. The van der Waals surface area contributed by atoms with Crippen molar-refractivity contribution in [3.8, 4) is 0 Å². The van der Waals surface area contributed by atoms with Crippen LogP contribution < -0.4 is 11.2 Å². The Balaban J connectivity index is 2.25. The number of aliphatic hydroxyl groups excluding tert-OH is 4. The summed E-state index contributed by atoms with van der Waals surface area (Å²) in [5.74, 6) is 0. The molecule has 1 aromatic heterocycles. The molecule has 5 N–H and O–H groups in total. The van der Waals surface area contributed by atoms with Gasteiger partial charge in [0.2, 0.25) is 0 Å². The first-order valence-electron chi connectivity index (χ1n) is 6.64. The molecule has 1 aromatic rings. The zero-order chi connectivity index (χ0) is 16.3. The van der Waals surface area contributed by atoms with Gasteiger partial charge in [0.25, 0.3) is 5.56 Å². The van der Waals surface area contributed by atoms with Crippen molar-refractivity contribution >= 4 is 0 Å². The Labute approximate surface area is 124 Å². The van der Waals surface area contributed by atoms with Gasteiger partial charge in [-0.15, -0.1) is 0 Å². The summed E-state index contributed by atoms with van der Waals surface area (Å²) in [5.41, 5.74) is -1.36. The third-order valence-electron chi connectivity index (χ3n) is 3.31. The highest BCUT2D eigenvalue weighted by molar-refractivity contribution is 4.94. The van der Waals surface area contributed by atoms with E-state index in [9.17, 15) is 24.9 Å². The highest BCUT2D eigenvalue weighted by atomic mass is 16.6. The summed E-state index contributed by atoms with van der Waals surface area (Å²) in [4.78, 5) is 24.9. The molecule has 22 heavy (non-hydrogen) atoms. The summed E-state index contributed by atoms with van der Waals surface area (Å²) in [6.45, 7) is -1.33. The Morgan fingerprint density at radius 3 is 2.73 bits per heavy atom.